The maximum absolute atomic E-state index is 15.0. The second kappa shape index (κ2) is 22.5. The van der Waals surface area contributed by atoms with Crippen LogP contribution >= 0.6 is 12.4 Å². The number of benzene rings is 4. The van der Waals surface area contributed by atoms with Gasteiger partial charge in [-0.1, -0.05) is 48.5 Å². The Hall–Kier alpha value is -6.60. The van der Waals surface area contributed by atoms with Crippen molar-refractivity contribution in [1.82, 2.24) is 30.6 Å². The van der Waals surface area contributed by atoms with Crippen molar-refractivity contribution >= 4 is 41.5 Å². The van der Waals surface area contributed by atoms with Crippen molar-refractivity contribution in [2.24, 2.45) is 11.8 Å². The first kappa shape index (κ1) is 48.8. The smallest absolute Gasteiger partial charge is 0.314 e. The molecule has 66 heavy (non-hydrogen) atoms. The van der Waals surface area contributed by atoms with E-state index in [1.54, 1.807) is 34.1 Å². The summed E-state index contributed by atoms with van der Waals surface area (Å²) in [6, 6.07) is 26.3. The Balaban J connectivity index is 0.000000216. The van der Waals surface area contributed by atoms with Gasteiger partial charge >= 0.3 is 12.9 Å². The maximum atomic E-state index is 15.0. The number of aromatic nitrogens is 4. The second-order valence-electron chi connectivity index (χ2n) is 15.4. The van der Waals surface area contributed by atoms with E-state index in [1.807, 2.05) is 36.4 Å². The minimum Gasteiger partial charge on any atom is -0.415 e. The van der Waals surface area contributed by atoms with Crippen molar-refractivity contribution in [3.63, 3.8) is 0 Å². The van der Waals surface area contributed by atoms with Gasteiger partial charge in [0, 0.05) is 65.5 Å². The average Bonchev–Trinajstić information content (AvgIpc) is 4.04. The van der Waals surface area contributed by atoms with Gasteiger partial charge in [0.05, 0.1) is 13.1 Å². The molecular weight excluding hydrogens is 894 g/mol. The van der Waals surface area contributed by atoms with Gasteiger partial charge < -0.3 is 28.9 Å². The summed E-state index contributed by atoms with van der Waals surface area (Å²) in [5, 5.41) is 16.8. The lowest BCUT2D eigenvalue weighted by atomic mass is 9.94. The molecule has 2 saturated heterocycles. The van der Waals surface area contributed by atoms with Crippen molar-refractivity contribution in [2.45, 2.75) is 58.5 Å². The lowest BCUT2D eigenvalue weighted by Gasteiger charge is -2.34. The number of hydrogen-bond donors (Lipinski definition) is 1. The van der Waals surface area contributed by atoms with Gasteiger partial charge in [-0.25, -0.2) is 8.78 Å². The topological polar surface area (TPSA) is 151 Å². The van der Waals surface area contributed by atoms with Crippen LogP contribution in [0.25, 0.3) is 22.9 Å². The van der Waals surface area contributed by atoms with Gasteiger partial charge in [-0.2, -0.15) is 17.6 Å². The zero-order valence-electron chi connectivity index (χ0n) is 35.5. The lowest BCUT2D eigenvalue weighted by Crippen LogP contribution is -2.43. The zero-order chi connectivity index (χ0) is 46.0. The Morgan fingerprint density at radius 2 is 1.05 bits per heavy atom. The number of nitrogens with one attached hydrogen (secondary N) is 1. The fraction of sp³-hybridized carbons (Fsp3) is 0.326. The van der Waals surface area contributed by atoms with Crippen molar-refractivity contribution in [2.75, 3.05) is 36.0 Å². The molecule has 20 heteroatoms. The zero-order valence-corrected chi connectivity index (χ0v) is 36.3. The fourth-order valence-electron chi connectivity index (χ4n) is 7.60. The number of para-hydroxylation sites is 2. The first-order chi connectivity index (χ1) is 31.4. The molecule has 2 aliphatic rings. The van der Waals surface area contributed by atoms with Gasteiger partial charge in [0.15, 0.2) is 0 Å². The van der Waals surface area contributed by atoms with E-state index in [1.165, 1.54) is 36.1 Å². The molecule has 13 nitrogen and oxygen atoms in total. The molecule has 0 bridgehead atoms. The van der Waals surface area contributed by atoms with Crippen LogP contribution in [0.15, 0.2) is 106 Å². The molecule has 0 unspecified atom stereocenters. The van der Waals surface area contributed by atoms with Crippen molar-refractivity contribution in [1.29, 1.82) is 0 Å². The van der Waals surface area contributed by atoms with Gasteiger partial charge in [0.1, 0.15) is 11.6 Å². The van der Waals surface area contributed by atoms with Gasteiger partial charge in [0.2, 0.25) is 29.5 Å². The third-order valence-electron chi connectivity index (χ3n) is 11.2. The number of alkyl halides is 4. The fourth-order valence-corrected chi connectivity index (χ4v) is 7.60. The minimum absolute atomic E-state index is 0. The number of likely N-dealkylation sites (tertiary alicyclic amines) is 1. The van der Waals surface area contributed by atoms with E-state index >= 15 is 4.39 Å². The summed E-state index contributed by atoms with van der Waals surface area (Å²) in [6.07, 6.45) is -3.29. The first-order valence-corrected chi connectivity index (χ1v) is 20.9. The Morgan fingerprint density at radius 1 is 0.636 bits per heavy atom. The molecule has 1 N–H and O–H groups in total. The molecule has 348 valence electrons. The third-order valence-corrected chi connectivity index (χ3v) is 11.2. The van der Waals surface area contributed by atoms with Gasteiger partial charge in [0.25, 0.3) is 11.8 Å². The number of halogens is 7. The maximum Gasteiger partial charge on any atom is 0.314 e. The van der Waals surface area contributed by atoms with Crippen molar-refractivity contribution in [3.05, 3.63) is 132 Å². The largest absolute Gasteiger partial charge is 0.415 e. The highest BCUT2D eigenvalue weighted by atomic mass is 35.5. The van der Waals surface area contributed by atoms with Gasteiger partial charge in [-0.05, 0) is 87.3 Å². The summed E-state index contributed by atoms with van der Waals surface area (Å²) in [5.74, 6) is -3.90. The normalized spacial score (nSPS) is 14.3. The summed E-state index contributed by atoms with van der Waals surface area (Å²) >= 11 is 0. The Labute approximate surface area is 381 Å². The van der Waals surface area contributed by atoms with E-state index < -0.39 is 36.3 Å². The summed E-state index contributed by atoms with van der Waals surface area (Å²) in [6.45, 7) is 4.08. The highest BCUT2D eigenvalue weighted by molar-refractivity contribution is 5.96. The van der Waals surface area contributed by atoms with Crippen LogP contribution in [0.4, 0.5) is 37.7 Å². The number of hydrogen-bond acceptors (Lipinski definition) is 10. The minimum atomic E-state index is -2.92. The summed E-state index contributed by atoms with van der Waals surface area (Å²) in [7, 11) is 0. The predicted molar refractivity (Wildman–Crippen MR) is 232 cm³/mol. The van der Waals surface area contributed by atoms with Crippen LogP contribution in [0.1, 0.15) is 68.4 Å². The summed E-state index contributed by atoms with van der Waals surface area (Å²) in [4.78, 5) is 43.1. The molecule has 4 heterocycles. The SMILES string of the molecule is CC(=O)N1CCC(C(=O)N(Cc2ccc(-c3nnc(C(F)F)o3)cc2F)c2ccccc2)CC1.Cl.O=C(C1CCNCC1)N(Cc1ccc(-c2nnc(C(F)F)o2)cc1F)c1ccccc1. The second-order valence-corrected chi connectivity index (χ2v) is 15.4. The Morgan fingerprint density at radius 3 is 1.41 bits per heavy atom. The molecule has 0 atom stereocenters. The van der Waals surface area contributed by atoms with Crippen LogP contribution in [-0.4, -0.2) is 69.2 Å². The average molecular weight is 939 g/mol. The molecule has 2 aromatic heterocycles. The number of nitrogens with zero attached hydrogens (tertiary/aromatic N) is 7. The molecule has 2 aliphatic heterocycles. The highest BCUT2D eigenvalue weighted by Gasteiger charge is 2.31. The van der Waals surface area contributed by atoms with Crippen molar-refractivity contribution in [3.8, 4) is 22.9 Å². The van der Waals surface area contributed by atoms with E-state index in [0.717, 1.165) is 38.1 Å². The molecule has 0 spiro atoms. The van der Waals surface area contributed by atoms with E-state index in [4.69, 9.17) is 8.83 Å². The molecule has 0 radical (unpaired) electrons. The molecule has 6 aromatic rings. The number of rotatable bonds is 12. The lowest BCUT2D eigenvalue weighted by molar-refractivity contribution is -0.133. The number of carbonyl (C=O) groups excluding carboxylic acids is 3. The molecule has 0 saturated carbocycles. The first-order valence-electron chi connectivity index (χ1n) is 20.9. The number of carbonyl (C=O) groups is 3. The summed E-state index contributed by atoms with van der Waals surface area (Å²) < 4.78 is 90.4. The van der Waals surface area contributed by atoms with Crippen molar-refractivity contribution < 1.29 is 49.6 Å². The molecule has 4 aromatic carbocycles. The molecule has 2 fully saturated rings. The van der Waals surface area contributed by atoms with Gasteiger partial charge in [-0.3, -0.25) is 14.4 Å². The predicted octanol–water partition coefficient (Wildman–Crippen LogP) is 9.37. The van der Waals surface area contributed by atoms with E-state index in [-0.39, 0.29) is 83.5 Å². The van der Waals surface area contributed by atoms with E-state index in [9.17, 15) is 36.3 Å². The van der Waals surface area contributed by atoms with Crippen LogP contribution in [-0.2, 0) is 27.5 Å². The number of amides is 3. The van der Waals surface area contributed by atoms with Crippen LogP contribution in [0.3, 0.4) is 0 Å². The standard InChI is InChI=1S/C24H23F3N4O3.C22H21F3N4O2.ClH/c1-15(32)30-11-9-16(10-12-30)24(33)31(19-5-3-2-4-6-19)14-18-8-7-17(13-20(18)25)22-28-29-23(34-22)21(26)27;23-18-12-15(20-27-28-21(31-20)19(24)25)6-7-16(18)13-29(17-4-2-1-3-5-17)22(30)14-8-10-26-11-9-14;/h2-8,13,16,21H,9-12,14H2,1H3;1-7,12,14,19,26H,8-11,13H2;1H. The third kappa shape index (κ3) is 12.0. The van der Waals surface area contributed by atoms with E-state index in [0.29, 0.717) is 42.9 Å². The number of anilines is 2. The van der Waals surface area contributed by atoms with Crippen LogP contribution in [0, 0.1) is 23.5 Å². The Bertz CT molecular complexity index is 2560. The molecular formula is C46H45ClF6N8O5. The number of piperidine rings is 2. The molecule has 0 aliphatic carbocycles. The monoisotopic (exact) mass is 938 g/mol. The molecule has 3 amide bonds. The molecule has 8 rings (SSSR count). The van der Waals surface area contributed by atoms with Crippen LogP contribution in [0.2, 0.25) is 0 Å². The van der Waals surface area contributed by atoms with E-state index in [2.05, 4.69) is 25.7 Å². The van der Waals surface area contributed by atoms with Crippen LogP contribution in [0.5, 0.6) is 0 Å². The van der Waals surface area contributed by atoms with Crippen LogP contribution < -0.4 is 15.1 Å². The summed E-state index contributed by atoms with van der Waals surface area (Å²) in [5.41, 5.74) is 2.21. The Kier molecular flexibility index (Phi) is 16.7. The quantitative estimate of drug-likeness (QED) is 0.118. The van der Waals surface area contributed by atoms with Gasteiger partial charge in [-0.15, -0.1) is 32.8 Å². The highest BCUT2D eigenvalue weighted by Crippen LogP contribution is 2.31.